The van der Waals surface area contributed by atoms with Crippen molar-refractivity contribution in [1.82, 2.24) is 0 Å². The topological polar surface area (TPSA) is 40.8 Å². The molecule has 4 rings (SSSR count). The van der Waals surface area contributed by atoms with E-state index >= 15 is 0 Å². The Kier molecular flexibility index (Phi) is 9.32. The maximum atomic E-state index is 6.24. The maximum Gasteiger partial charge on any atom is 0.217 e. The minimum absolute atomic E-state index is 0.724. The molecule has 37 heavy (non-hydrogen) atoms. The van der Waals surface area contributed by atoms with E-state index in [-0.39, 0.29) is 0 Å². The molecule has 0 fully saturated rings. The third-order valence-corrected chi connectivity index (χ3v) is 7.39. The Bertz CT molecular complexity index is 1230. The Balaban J connectivity index is 1.65. The summed E-state index contributed by atoms with van der Waals surface area (Å²) >= 11 is 0. The molecule has 1 aromatic heterocycles. The molecule has 3 aromatic rings. The van der Waals surface area contributed by atoms with E-state index in [1.807, 2.05) is 12.1 Å². The number of aryl methyl sites for hydroxylation is 2. The number of allylic oxidation sites excluding steroid dienone is 1. The van der Waals surface area contributed by atoms with Gasteiger partial charge in [0.15, 0.2) is 35.7 Å². The lowest BCUT2D eigenvalue weighted by Crippen LogP contribution is -2.41. The van der Waals surface area contributed by atoms with Gasteiger partial charge in [0.25, 0.3) is 0 Å². The molecular formula is C32H42NO4+. The molecule has 0 aliphatic carbocycles. The van der Waals surface area contributed by atoms with E-state index in [1.54, 1.807) is 21.3 Å². The number of nitrogens with zero attached hydrogens (tertiary/aromatic N) is 1. The zero-order valence-corrected chi connectivity index (χ0v) is 23.0. The molecule has 2 aromatic carbocycles. The van der Waals surface area contributed by atoms with Crippen LogP contribution in [0.1, 0.15) is 63.0 Å². The fraction of sp³-hybridized carbons (Fsp3) is 0.469. The highest BCUT2D eigenvalue weighted by atomic mass is 16.5. The van der Waals surface area contributed by atoms with Gasteiger partial charge in [0.1, 0.15) is 0 Å². The number of rotatable bonds is 14. The molecule has 198 valence electrons. The molecule has 0 radical (unpaired) electrons. The lowest BCUT2D eigenvalue weighted by Gasteiger charge is -2.22. The summed E-state index contributed by atoms with van der Waals surface area (Å²) in [5.74, 6) is 3.13. The van der Waals surface area contributed by atoms with Crippen LogP contribution in [0.15, 0.2) is 43.1 Å². The zero-order valence-electron chi connectivity index (χ0n) is 23.0. The second-order valence-corrected chi connectivity index (χ2v) is 9.78. The van der Waals surface area contributed by atoms with E-state index in [0.29, 0.717) is 0 Å². The van der Waals surface area contributed by atoms with E-state index in [1.165, 1.54) is 60.9 Å². The quantitative estimate of drug-likeness (QED) is 0.132. The average Bonchev–Trinajstić information content (AvgIpc) is 2.93. The van der Waals surface area contributed by atoms with Crippen molar-refractivity contribution in [2.24, 2.45) is 0 Å². The molecular weight excluding hydrogens is 462 g/mol. The molecule has 0 saturated heterocycles. The molecule has 1 aliphatic heterocycles. The monoisotopic (exact) mass is 504 g/mol. The van der Waals surface area contributed by atoms with Crippen LogP contribution in [0.4, 0.5) is 0 Å². The first kappa shape index (κ1) is 26.8. The van der Waals surface area contributed by atoms with Crippen molar-refractivity contribution in [3.05, 3.63) is 54.2 Å². The second kappa shape index (κ2) is 12.8. The van der Waals surface area contributed by atoms with Crippen LogP contribution in [0.25, 0.3) is 22.0 Å². The Morgan fingerprint density at radius 3 is 2.32 bits per heavy atom. The molecule has 0 atom stereocenters. The Morgan fingerprint density at radius 2 is 1.62 bits per heavy atom. The fourth-order valence-electron chi connectivity index (χ4n) is 5.49. The maximum absolute atomic E-state index is 6.24. The normalized spacial score (nSPS) is 12.1. The molecule has 5 nitrogen and oxygen atoms in total. The Labute approximate surface area is 222 Å². The van der Waals surface area contributed by atoms with E-state index < -0.39 is 0 Å². The van der Waals surface area contributed by atoms with Crippen LogP contribution < -0.4 is 23.5 Å². The van der Waals surface area contributed by atoms with Crippen molar-refractivity contribution in [2.45, 2.75) is 71.3 Å². The third kappa shape index (κ3) is 5.71. The van der Waals surface area contributed by atoms with Gasteiger partial charge in [-0.15, -0.1) is 6.58 Å². The highest BCUT2D eigenvalue weighted by molar-refractivity contribution is 5.95. The summed E-state index contributed by atoms with van der Waals surface area (Å²) in [6.07, 6.45) is 14.7. The largest absolute Gasteiger partial charge is 0.493 e. The molecule has 0 saturated carbocycles. The van der Waals surface area contributed by atoms with Crippen molar-refractivity contribution < 1.29 is 23.5 Å². The molecule has 0 unspecified atom stereocenters. The molecule has 2 heterocycles. The van der Waals surface area contributed by atoms with Gasteiger partial charge < -0.3 is 18.9 Å². The zero-order chi connectivity index (χ0) is 26.2. The minimum atomic E-state index is 0.724. The number of aromatic nitrogens is 1. The summed E-state index contributed by atoms with van der Waals surface area (Å²) in [6.45, 7) is 7.92. The summed E-state index contributed by atoms with van der Waals surface area (Å²) in [7, 11) is 5.10. The highest BCUT2D eigenvalue weighted by Crippen LogP contribution is 2.42. The number of methoxy groups -OCH3 is 3. The molecule has 0 amide bonds. The van der Waals surface area contributed by atoms with E-state index in [2.05, 4.69) is 42.5 Å². The van der Waals surface area contributed by atoms with Gasteiger partial charge in [-0.2, -0.15) is 4.57 Å². The van der Waals surface area contributed by atoms with Crippen LogP contribution in [-0.2, 0) is 19.4 Å². The lowest BCUT2D eigenvalue weighted by molar-refractivity contribution is -0.686. The molecule has 0 bridgehead atoms. The SMILES string of the molecule is C=CCc1c2[n+](cc3c(OC)c(OC)ccc13)CCc1cc(OCCCCCCCCC)c(OC)cc1-2. The highest BCUT2D eigenvalue weighted by Gasteiger charge is 2.31. The fourth-order valence-corrected chi connectivity index (χ4v) is 5.49. The molecule has 0 N–H and O–H groups in total. The summed E-state index contributed by atoms with van der Waals surface area (Å²) < 4.78 is 25.7. The number of hydrogen-bond donors (Lipinski definition) is 0. The van der Waals surface area contributed by atoms with Crippen LogP contribution in [0, 0.1) is 0 Å². The minimum Gasteiger partial charge on any atom is -0.493 e. The van der Waals surface area contributed by atoms with Gasteiger partial charge in [-0.3, -0.25) is 0 Å². The number of fused-ring (bicyclic) bond motifs is 4. The van der Waals surface area contributed by atoms with E-state index in [0.717, 1.165) is 66.2 Å². The smallest absolute Gasteiger partial charge is 0.217 e. The van der Waals surface area contributed by atoms with Crippen LogP contribution >= 0.6 is 0 Å². The number of hydrogen-bond acceptors (Lipinski definition) is 4. The molecule has 1 aliphatic rings. The van der Waals surface area contributed by atoms with Crippen LogP contribution in [-0.4, -0.2) is 27.9 Å². The summed E-state index contributed by atoms with van der Waals surface area (Å²) in [4.78, 5) is 0. The first-order valence-corrected chi connectivity index (χ1v) is 13.7. The molecule has 0 spiro atoms. The van der Waals surface area contributed by atoms with Crippen molar-refractivity contribution in [3.8, 4) is 34.3 Å². The Hall–Kier alpha value is -3.21. The first-order valence-electron chi connectivity index (χ1n) is 13.7. The number of pyridine rings is 1. The van der Waals surface area contributed by atoms with Gasteiger partial charge in [0, 0.05) is 17.4 Å². The molecule has 5 heteroatoms. The van der Waals surface area contributed by atoms with Crippen molar-refractivity contribution in [1.29, 1.82) is 0 Å². The lowest BCUT2D eigenvalue weighted by atomic mass is 9.90. The summed E-state index contributed by atoms with van der Waals surface area (Å²) in [5.41, 5.74) is 4.92. The van der Waals surface area contributed by atoms with Gasteiger partial charge in [0.05, 0.1) is 38.9 Å². The first-order chi connectivity index (χ1) is 18.2. The number of unbranched alkanes of at least 4 members (excludes halogenated alkanes) is 6. The summed E-state index contributed by atoms with van der Waals surface area (Å²) in [5, 5.41) is 2.20. The predicted molar refractivity (Wildman–Crippen MR) is 150 cm³/mol. The van der Waals surface area contributed by atoms with Crippen molar-refractivity contribution in [3.63, 3.8) is 0 Å². The van der Waals surface area contributed by atoms with Crippen molar-refractivity contribution >= 4 is 10.8 Å². The van der Waals surface area contributed by atoms with Crippen molar-refractivity contribution in [2.75, 3.05) is 27.9 Å². The van der Waals surface area contributed by atoms with E-state index in [9.17, 15) is 0 Å². The second-order valence-electron chi connectivity index (χ2n) is 9.78. The van der Waals surface area contributed by atoms with Gasteiger partial charge >= 0.3 is 0 Å². The van der Waals surface area contributed by atoms with Gasteiger partial charge in [-0.25, -0.2) is 0 Å². The number of ether oxygens (including phenoxy) is 4. The van der Waals surface area contributed by atoms with Crippen LogP contribution in [0.2, 0.25) is 0 Å². The average molecular weight is 505 g/mol. The van der Waals surface area contributed by atoms with Gasteiger partial charge in [0.2, 0.25) is 5.69 Å². The van der Waals surface area contributed by atoms with E-state index in [4.69, 9.17) is 18.9 Å². The van der Waals surface area contributed by atoms with Crippen LogP contribution in [0.3, 0.4) is 0 Å². The summed E-state index contributed by atoms with van der Waals surface area (Å²) in [6, 6.07) is 8.45. The predicted octanol–water partition coefficient (Wildman–Crippen LogP) is 7.23. The third-order valence-electron chi connectivity index (χ3n) is 7.39. The number of benzene rings is 2. The Morgan fingerprint density at radius 1 is 0.865 bits per heavy atom. The standard InChI is InChI=1S/C32H42NO4/c1-6-8-9-10-11-12-13-19-37-30-20-23-17-18-33-22-27-24(15-16-28(34-3)32(27)36-5)25(14-7-2)31(33)26(23)21-29(30)35-4/h7,15-16,20-22H,2,6,8-14,17-19H2,1,3-5H3/q+1. The van der Waals surface area contributed by atoms with Crippen LogP contribution in [0.5, 0.6) is 23.0 Å². The van der Waals surface area contributed by atoms with Gasteiger partial charge in [-0.05, 0) is 42.7 Å². The van der Waals surface area contributed by atoms with Gasteiger partial charge in [-0.1, -0.05) is 51.5 Å².